The maximum atomic E-state index is 12.0. The molecule has 0 aliphatic rings. The molecule has 0 fully saturated rings. The van der Waals surface area contributed by atoms with E-state index < -0.39 is 0 Å². The average Bonchev–Trinajstić information content (AvgIpc) is 2.98. The first-order valence-electron chi connectivity index (χ1n) is 6.44. The third-order valence-electron chi connectivity index (χ3n) is 2.92. The number of halogens is 1. The number of benzene rings is 1. The molecule has 0 bridgehead atoms. The topological polar surface area (TPSA) is 45.3 Å². The van der Waals surface area contributed by atoms with Crippen molar-refractivity contribution in [3.63, 3.8) is 0 Å². The molecule has 0 saturated heterocycles. The van der Waals surface area contributed by atoms with Gasteiger partial charge in [0.15, 0.2) is 0 Å². The Bertz CT molecular complexity index is 555. The van der Waals surface area contributed by atoms with Crippen molar-refractivity contribution in [2.75, 3.05) is 20.2 Å². The summed E-state index contributed by atoms with van der Waals surface area (Å²) in [4.78, 5) is 16.5. The van der Waals surface area contributed by atoms with Crippen LogP contribution in [0.4, 0.5) is 0 Å². The van der Waals surface area contributed by atoms with Gasteiger partial charge in [-0.25, -0.2) is 0 Å². The van der Waals surface area contributed by atoms with E-state index in [2.05, 4.69) is 4.98 Å². The number of para-hydroxylation sites is 1. The minimum Gasteiger partial charge on any atom is -0.492 e. The van der Waals surface area contributed by atoms with E-state index in [0.717, 1.165) is 6.42 Å². The second-order valence-corrected chi connectivity index (χ2v) is 4.87. The van der Waals surface area contributed by atoms with Gasteiger partial charge in [-0.2, -0.15) is 0 Å². The molecule has 5 heteroatoms. The van der Waals surface area contributed by atoms with Crippen LogP contribution in [0.2, 0.25) is 5.02 Å². The van der Waals surface area contributed by atoms with Crippen LogP contribution in [-0.4, -0.2) is 36.0 Å². The van der Waals surface area contributed by atoms with E-state index >= 15 is 0 Å². The minimum absolute atomic E-state index is 0.00370. The van der Waals surface area contributed by atoms with Gasteiger partial charge >= 0.3 is 0 Å². The first kappa shape index (κ1) is 14.5. The number of carbonyl (C=O) groups is 1. The molecule has 1 aromatic heterocycles. The lowest BCUT2D eigenvalue weighted by Crippen LogP contribution is -2.28. The normalized spacial score (nSPS) is 10.3. The molecule has 0 aliphatic heterocycles. The van der Waals surface area contributed by atoms with Gasteiger partial charge in [-0.15, -0.1) is 0 Å². The lowest BCUT2D eigenvalue weighted by molar-refractivity contribution is 0.0788. The third kappa shape index (κ3) is 3.78. The molecule has 0 aliphatic carbocycles. The summed E-state index contributed by atoms with van der Waals surface area (Å²) in [6.07, 6.45) is 4.18. The summed E-state index contributed by atoms with van der Waals surface area (Å²) in [7, 11) is 1.78. The van der Waals surface area contributed by atoms with Crippen LogP contribution in [0.25, 0.3) is 0 Å². The Morgan fingerprint density at radius 1 is 1.35 bits per heavy atom. The van der Waals surface area contributed by atoms with Gasteiger partial charge in [0.1, 0.15) is 5.75 Å². The Labute approximate surface area is 123 Å². The molecule has 1 aromatic carbocycles. The summed E-state index contributed by atoms with van der Waals surface area (Å²) in [6, 6.07) is 9.12. The average molecular weight is 293 g/mol. The van der Waals surface area contributed by atoms with Crippen molar-refractivity contribution in [3.8, 4) is 5.75 Å². The molecule has 0 radical (unpaired) electrons. The molecule has 1 N–H and O–H groups in total. The number of H-pyrrole nitrogens is 1. The fraction of sp³-hybridized carbons (Fsp3) is 0.267. The predicted molar refractivity (Wildman–Crippen MR) is 79.3 cm³/mol. The Kier molecular flexibility index (Phi) is 5.07. The molecular formula is C15H17ClN2O2. The lowest BCUT2D eigenvalue weighted by Gasteiger charge is -2.16. The van der Waals surface area contributed by atoms with E-state index in [1.807, 2.05) is 18.2 Å². The molecule has 0 unspecified atom stereocenters. The molecule has 2 rings (SSSR count). The highest BCUT2D eigenvalue weighted by Crippen LogP contribution is 2.23. The van der Waals surface area contributed by atoms with Crippen LogP contribution in [0.5, 0.6) is 5.75 Å². The monoisotopic (exact) mass is 292 g/mol. The highest BCUT2D eigenvalue weighted by molar-refractivity contribution is 6.32. The van der Waals surface area contributed by atoms with Crippen molar-refractivity contribution in [1.29, 1.82) is 0 Å². The van der Waals surface area contributed by atoms with E-state index in [9.17, 15) is 4.79 Å². The number of hydrogen-bond acceptors (Lipinski definition) is 2. The van der Waals surface area contributed by atoms with Crippen molar-refractivity contribution in [2.45, 2.75) is 6.42 Å². The maximum Gasteiger partial charge on any atom is 0.255 e. The van der Waals surface area contributed by atoms with Crippen LogP contribution in [0.15, 0.2) is 42.7 Å². The Hall–Kier alpha value is -1.94. The van der Waals surface area contributed by atoms with Crippen LogP contribution in [-0.2, 0) is 0 Å². The molecular weight excluding hydrogens is 276 g/mol. The van der Waals surface area contributed by atoms with Crippen LogP contribution in [0, 0.1) is 0 Å². The van der Waals surface area contributed by atoms with Crippen LogP contribution in [0.1, 0.15) is 16.8 Å². The fourth-order valence-electron chi connectivity index (χ4n) is 1.82. The number of hydrogen-bond donors (Lipinski definition) is 1. The molecule has 2 aromatic rings. The second-order valence-electron chi connectivity index (χ2n) is 4.46. The van der Waals surface area contributed by atoms with Gasteiger partial charge in [-0.3, -0.25) is 4.79 Å². The molecule has 4 nitrogen and oxygen atoms in total. The quantitative estimate of drug-likeness (QED) is 0.831. The number of amides is 1. The van der Waals surface area contributed by atoms with Crippen LogP contribution < -0.4 is 4.74 Å². The maximum absolute atomic E-state index is 12.0. The summed E-state index contributed by atoms with van der Waals surface area (Å²) in [5.41, 5.74) is 0.666. The highest BCUT2D eigenvalue weighted by Gasteiger charge is 2.11. The lowest BCUT2D eigenvalue weighted by atomic mass is 10.3. The molecule has 1 heterocycles. The molecule has 0 spiro atoms. The van der Waals surface area contributed by atoms with Gasteiger partial charge in [0, 0.05) is 26.0 Å². The number of nitrogens with zero attached hydrogens (tertiary/aromatic N) is 1. The summed E-state index contributed by atoms with van der Waals surface area (Å²) in [6.45, 7) is 1.16. The van der Waals surface area contributed by atoms with Crippen molar-refractivity contribution < 1.29 is 9.53 Å². The third-order valence-corrected chi connectivity index (χ3v) is 3.24. The van der Waals surface area contributed by atoms with E-state index in [-0.39, 0.29) is 5.91 Å². The highest BCUT2D eigenvalue weighted by atomic mass is 35.5. The minimum atomic E-state index is 0.00370. The van der Waals surface area contributed by atoms with Gasteiger partial charge < -0.3 is 14.6 Å². The number of nitrogens with one attached hydrogen (secondary N) is 1. The van der Waals surface area contributed by atoms with E-state index in [0.29, 0.717) is 29.5 Å². The summed E-state index contributed by atoms with van der Waals surface area (Å²) in [5, 5.41) is 0.601. The van der Waals surface area contributed by atoms with Crippen molar-refractivity contribution in [2.24, 2.45) is 0 Å². The van der Waals surface area contributed by atoms with Gasteiger partial charge in [0.25, 0.3) is 5.91 Å². The zero-order chi connectivity index (χ0) is 14.4. The molecule has 0 saturated carbocycles. The largest absolute Gasteiger partial charge is 0.492 e. The predicted octanol–water partition coefficient (Wildman–Crippen LogP) is 3.21. The first-order chi connectivity index (χ1) is 9.68. The van der Waals surface area contributed by atoms with E-state index in [1.165, 1.54) is 0 Å². The molecule has 0 atom stereocenters. The molecule has 106 valence electrons. The smallest absolute Gasteiger partial charge is 0.255 e. The summed E-state index contributed by atoms with van der Waals surface area (Å²) in [5.74, 6) is 0.678. The number of aromatic amines is 1. The number of ether oxygens (including phenoxy) is 1. The standard InChI is InChI=1S/C15H17ClN2O2/c1-18(15(19)12-7-8-17-11-12)9-4-10-20-14-6-3-2-5-13(14)16/h2-3,5-8,11,17H,4,9-10H2,1H3. The van der Waals surface area contributed by atoms with Gasteiger partial charge in [0.05, 0.1) is 17.2 Å². The van der Waals surface area contributed by atoms with Crippen molar-refractivity contribution in [3.05, 3.63) is 53.3 Å². The second kappa shape index (κ2) is 7.01. The van der Waals surface area contributed by atoms with Crippen LogP contribution in [0.3, 0.4) is 0 Å². The van der Waals surface area contributed by atoms with Gasteiger partial charge in [0.2, 0.25) is 0 Å². The van der Waals surface area contributed by atoms with Gasteiger partial charge in [-0.05, 0) is 24.6 Å². The van der Waals surface area contributed by atoms with Crippen molar-refractivity contribution in [1.82, 2.24) is 9.88 Å². The number of aromatic nitrogens is 1. The van der Waals surface area contributed by atoms with Crippen molar-refractivity contribution >= 4 is 17.5 Å². The first-order valence-corrected chi connectivity index (χ1v) is 6.82. The summed E-state index contributed by atoms with van der Waals surface area (Å²) < 4.78 is 5.58. The number of carbonyl (C=O) groups excluding carboxylic acids is 1. The fourth-order valence-corrected chi connectivity index (χ4v) is 2.01. The van der Waals surface area contributed by atoms with Gasteiger partial charge in [-0.1, -0.05) is 23.7 Å². The Morgan fingerprint density at radius 2 is 2.15 bits per heavy atom. The SMILES string of the molecule is CN(CCCOc1ccccc1Cl)C(=O)c1cc[nH]c1. The molecule has 20 heavy (non-hydrogen) atoms. The number of rotatable bonds is 6. The van der Waals surface area contributed by atoms with Crippen LogP contribution >= 0.6 is 11.6 Å². The zero-order valence-corrected chi connectivity index (χ0v) is 12.1. The Balaban J connectivity index is 1.73. The van der Waals surface area contributed by atoms with E-state index in [4.69, 9.17) is 16.3 Å². The molecule has 1 amide bonds. The summed E-state index contributed by atoms with van der Waals surface area (Å²) >= 11 is 5.99. The van der Waals surface area contributed by atoms with E-state index in [1.54, 1.807) is 36.5 Å². The zero-order valence-electron chi connectivity index (χ0n) is 11.3. The Morgan fingerprint density at radius 3 is 2.85 bits per heavy atom.